The standard InChI is InChI=1S/C28H24N2O9/c1-36-26(31)25-14-19(39-28(33)38-18-12-10-17(11-13-18)30(34)35)15-29(25)27(32)37-16-24-22-8-4-2-6-20(22)21-7-3-5-9-23(21)24/h2-13,19,24-25H,14-16H2,1H3/t19-,25+/m1/s1. The number of fused-ring (bicyclic) bond motifs is 3. The summed E-state index contributed by atoms with van der Waals surface area (Å²) >= 11 is 0. The fourth-order valence-corrected chi connectivity index (χ4v) is 5.01. The number of nitro benzene ring substituents is 1. The first-order valence-electron chi connectivity index (χ1n) is 12.2. The fourth-order valence-electron chi connectivity index (χ4n) is 5.01. The summed E-state index contributed by atoms with van der Waals surface area (Å²) in [7, 11) is 1.20. The number of likely N-dealkylation sites (tertiary alicyclic amines) is 1. The number of benzene rings is 3. The number of esters is 1. The quantitative estimate of drug-likeness (QED) is 0.146. The van der Waals surface area contributed by atoms with Crippen molar-refractivity contribution in [1.29, 1.82) is 0 Å². The molecule has 1 saturated heterocycles. The molecule has 0 aromatic heterocycles. The molecule has 3 aromatic rings. The van der Waals surface area contributed by atoms with Crippen LogP contribution in [-0.4, -0.2) is 60.4 Å². The molecule has 39 heavy (non-hydrogen) atoms. The lowest BCUT2D eigenvalue weighted by Gasteiger charge is -2.23. The molecule has 1 aliphatic carbocycles. The van der Waals surface area contributed by atoms with Crippen LogP contribution in [0.4, 0.5) is 15.3 Å². The van der Waals surface area contributed by atoms with E-state index in [4.69, 9.17) is 18.9 Å². The third-order valence-electron chi connectivity index (χ3n) is 6.82. The molecule has 1 aliphatic heterocycles. The van der Waals surface area contributed by atoms with Crippen molar-refractivity contribution in [2.24, 2.45) is 0 Å². The van der Waals surface area contributed by atoms with Crippen molar-refractivity contribution in [2.75, 3.05) is 20.3 Å². The highest BCUT2D eigenvalue weighted by Gasteiger charge is 2.43. The van der Waals surface area contributed by atoms with Gasteiger partial charge in [-0.3, -0.25) is 15.0 Å². The van der Waals surface area contributed by atoms with E-state index < -0.39 is 35.3 Å². The molecular weight excluding hydrogens is 508 g/mol. The highest BCUT2D eigenvalue weighted by molar-refractivity contribution is 5.83. The summed E-state index contributed by atoms with van der Waals surface area (Å²) in [5, 5.41) is 10.8. The molecule has 11 heteroatoms. The molecule has 11 nitrogen and oxygen atoms in total. The second kappa shape index (κ2) is 10.8. The van der Waals surface area contributed by atoms with Gasteiger partial charge in [0.15, 0.2) is 0 Å². The maximum Gasteiger partial charge on any atom is 0.514 e. The lowest BCUT2D eigenvalue weighted by molar-refractivity contribution is -0.384. The third kappa shape index (κ3) is 5.24. The van der Waals surface area contributed by atoms with Gasteiger partial charge in [-0.05, 0) is 34.4 Å². The Kier molecular flexibility index (Phi) is 7.13. The first-order chi connectivity index (χ1) is 18.9. The van der Waals surface area contributed by atoms with Gasteiger partial charge in [-0.2, -0.15) is 0 Å². The van der Waals surface area contributed by atoms with Crippen molar-refractivity contribution < 1.29 is 38.3 Å². The number of nitrogens with zero attached hydrogens (tertiary/aromatic N) is 2. The van der Waals surface area contributed by atoms with Gasteiger partial charge in [0.2, 0.25) is 0 Å². The van der Waals surface area contributed by atoms with Gasteiger partial charge in [0.25, 0.3) is 5.69 Å². The largest absolute Gasteiger partial charge is 0.514 e. The van der Waals surface area contributed by atoms with Crippen molar-refractivity contribution in [3.63, 3.8) is 0 Å². The molecule has 0 N–H and O–H groups in total. The van der Waals surface area contributed by atoms with Gasteiger partial charge in [-0.15, -0.1) is 0 Å². The van der Waals surface area contributed by atoms with Gasteiger partial charge < -0.3 is 18.9 Å². The summed E-state index contributed by atoms with van der Waals surface area (Å²) in [5.74, 6) is -0.788. The second-order valence-corrected chi connectivity index (χ2v) is 9.07. The van der Waals surface area contributed by atoms with Gasteiger partial charge in [0.05, 0.1) is 18.6 Å². The molecule has 2 atom stereocenters. The van der Waals surface area contributed by atoms with E-state index in [0.29, 0.717) is 0 Å². The van der Waals surface area contributed by atoms with E-state index >= 15 is 0 Å². The van der Waals surface area contributed by atoms with Crippen molar-refractivity contribution in [3.05, 3.63) is 94.0 Å². The summed E-state index contributed by atoms with van der Waals surface area (Å²) in [5.41, 5.74) is 4.11. The summed E-state index contributed by atoms with van der Waals surface area (Å²) < 4.78 is 20.9. The van der Waals surface area contributed by atoms with E-state index in [1.165, 1.54) is 36.3 Å². The first-order valence-corrected chi connectivity index (χ1v) is 12.2. The zero-order valence-corrected chi connectivity index (χ0v) is 20.9. The van der Waals surface area contributed by atoms with Crippen LogP contribution >= 0.6 is 0 Å². The number of carbonyl (C=O) groups is 3. The molecule has 0 radical (unpaired) electrons. The monoisotopic (exact) mass is 532 g/mol. The minimum absolute atomic E-state index is 0.00771. The lowest BCUT2D eigenvalue weighted by Crippen LogP contribution is -2.42. The van der Waals surface area contributed by atoms with Gasteiger partial charge in [0.1, 0.15) is 24.5 Å². The maximum atomic E-state index is 13.1. The molecule has 1 heterocycles. The molecule has 200 valence electrons. The van der Waals surface area contributed by atoms with Crippen LogP contribution in [0.5, 0.6) is 5.75 Å². The maximum absolute atomic E-state index is 13.1. The molecule has 0 spiro atoms. The molecule has 0 saturated carbocycles. The van der Waals surface area contributed by atoms with Crippen LogP contribution in [0.25, 0.3) is 11.1 Å². The van der Waals surface area contributed by atoms with Crippen LogP contribution in [0, 0.1) is 10.1 Å². The number of nitro groups is 1. The molecule has 1 amide bonds. The Labute approximate surface area is 223 Å². The summed E-state index contributed by atoms with van der Waals surface area (Å²) in [4.78, 5) is 49.3. The zero-order valence-electron chi connectivity index (χ0n) is 20.9. The number of methoxy groups -OCH3 is 1. The van der Waals surface area contributed by atoms with Gasteiger partial charge in [-0.1, -0.05) is 48.5 Å². The van der Waals surface area contributed by atoms with Crippen LogP contribution < -0.4 is 4.74 Å². The molecule has 0 bridgehead atoms. The van der Waals surface area contributed by atoms with Crippen LogP contribution in [-0.2, 0) is 19.0 Å². The van der Waals surface area contributed by atoms with Crippen molar-refractivity contribution in [3.8, 4) is 16.9 Å². The van der Waals surface area contributed by atoms with Crippen molar-refractivity contribution in [2.45, 2.75) is 24.5 Å². The normalized spacial score (nSPS) is 17.6. The van der Waals surface area contributed by atoms with Gasteiger partial charge in [0, 0.05) is 24.5 Å². The smallest absolute Gasteiger partial charge is 0.467 e. The molecule has 1 fully saturated rings. The summed E-state index contributed by atoms with van der Waals surface area (Å²) in [6.45, 7) is -0.0449. The van der Waals surface area contributed by atoms with E-state index in [9.17, 15) is 24.5 Å². The van der Waals surface area contributed by atoms with E-state index in [0.717, 1.165) is 22.3 Å². The molecule has 0 unspecified atom stereocenters. The van der Waals surface area contributed by atoms with E-state index in [1.54, 1.807) is 0 Å². The molecule has 3 aromatic carbocycles. The molecular formula is C28H24N2O9. The number of carbonyl (C=O) groups excluding carboxylic acids is 3. The number of hydrogen-bond acceptors (Lipinski definition) is 9. The first kappa shape index (κ1) is 25.7. The second-order valence-electron chi connectivity index (χ2n) is 9.07. The van der Waals surface area contributed by atoms with Crippen LogP contribution in [0.15, 0.2) is 72.8 Å². The van der Waals surface area contributed by atoms with Gasteiger partial charge in [-0.25, -0.2) is 14.4 Å². The number of non-ortho nitro benzene ring substituents is 1. The van der Waals surface area contributed by atoms with E-state index in [1.807, 2.05) is 48.5 Å². The minimum Gasteiger partial charge on any atom is -0.467 e. The Morgan fingerprint density at radius 1 is 0.949 bits per heavy atom. The highest BCUT2D eigenvalue weighted by Crippen LogP contribution is 2.44. The van der Waals surface area contributed by atoms with Crippen molar-refractivity contribution in [1.82, 2.24) is 4.90 Å². The number of hydrogen-bond donors (Lipinski definition) is 0. The Bertz CT molecular complexity index is 1380. The number of rotatable bonds is 6. The highest BCUT2D eigenvalue weighted by atomic mass is 16.7. The SMILES string of the molecule is COC(=O)[C@@H]1C[C@@H](OC(=O)Oc2ccc([N+](=O)[O-])cc2)CN1C(=O)OCC1c2ccccc2-c2ccccc21. The van der Waals surface area contributed by atoms with E-state index in [-0.39, 0.29) is 36.9 Å². The number of ether oxygens (including phenoxy) is 4. The third-order valence-corrected chi connectivity index (χ3v) is 6.82. The topological polar surface area (TPSA) is 135 Å². The Morgan fingerprint density at radius 3 is 2.15 bits per heavy atom. The van der Waals surface area contributed by atoms with Crippen LogP contribution in [0.3, 0.4) is 0 Å². The van der Waals surface area contributed by atoms with Gasteiger partial charge >= 0.3 is 18.2 Å². The predicted octanol–water partition coefficient (Wildman–Crippen LogP) is 4.68. The molecule has 5 rings (SSSR count). The average molecular weight is 533 g/mol. The average Bonchev–Trinajstić information content (AvgIpc) is 3.51. The van der Waals surface area contributed by atoms with E-state index in [2.05, 4.69) is 0 Å². The summed E-state index contributed by atoms with van der Waals surface area (Å²) in [6, 6.07) is 19.7. The van der Waals surface area contributed by atoms with Crippen LogP contribution in [0.1, 0.15) is 23.5 Å². The predicted molar refractivity (Wildman–Crippen MR) is 136 cm³/mol. The fraction of sp³-hybridized carbons (Fsp3) is 0.250. The Balaban J connectivity index is 1.23. The van der Waals surface area contributed by atoms with Crippen LogP contribution in [0.2, 0.25) is 0 Å². The number of amides is 1. The molecule has 2 aliphatic rings. The minimum atomic E-state index is -1.08. The lowest BCUT2D eigenvalue weighted by atomic mass is 9.98. The Morgan fingerprint density at radius 2 is 1.56 bits per heavy atom. The zero-order chi connectivity index (χ0) is 27.5. The summed E-state index contributed by atoms with van der Waals surface area (Å²) in [6.07, 6.45) is -2.68. The Hall–Kier alpha value is -4.93. The van der Waals surface area contributed by atoms with Crippen molar-refractivity contribution >= 4 is 23.9 Å².